The third-order valence-corrected chi connectivity index (χ3v) is 5.18. The Kier molecular flexibility index (Phi) is 5.54. The summed E-state index contributed by atoms with van der Waals surface area (Å²) in [7, 11) is 0. The molecule has 0 saturated carbocycles. The molecule has 3 rings (SSSR count). The first-order chi connectivity index (χ1) is 12.7. The van der Waals surface area contributed by atoms with Gasteiger partial charge in [-0.25, -0.2) is 4.98 Å². The van der Waals surface area contributed by atoms with E-state index in [-0.39, 0.29) is 17.7 Å². The van der Waals surface area contributed by atoms with Gasteiger partial charge >= 0.3 is 6.18 Å². The van der Waals surface area contributed by atoms with Crippen molar-refractivity contribution in [3.63, 3.8) is 0 Å². The Morgan fingerprint density at radius 2 is 2.00 bits per heavy atom. The van der Waals surface area contributed by atoms with E-state index < -0.39 is 17.6 Å². The number of amides is 1. The van der Waals surface area contributed by atoms with Crippen LogP contribution in [-0.2, 0) is 12.7 Å². The van der Waals surface area contributed by atoms with Crippen molar-refractivity contribution in [2.24, 2.45) is 0 Å². The zero-order chi connectivity index (χ0) is 19.6. The number of nitrogens with zero attached hydrogens (tertiary/aromatic N) is 2. The summed E-state index contributed by atoms with van der Waals surface area (Å²) in [5.41, 5.74) is 0.777. The second kappa shape index (κ2) is 7.71. The minimum atomic E-state index is -4.56. The molecule has 2 aromatic carbocycles. The zero-order valence-electron chi connectivity index (χ0n) is 14.2. The van der Waals surface area contributed by atoms with E-state index in [9.17, 15) is 18.0 Å². The van der Waals surface area contributed by atoms with Gasteiger partial charge in [-0.2, -0.15) is 13.2 Å². The molecule has 140 valence electrons. The Hall–Kier alpha value is -2.36. The average Bonchev–Trinajstić information content (AvgIpc) is 3.10. The van der Waals surface area contributed by atoms with Crippen LogP contribution in [0.3, 0.4) is 0 Å². The Labute approximate surface area is 167 Å². The molecule has 1 aromatic heterocycles. The maximum Gasteiger partial charge on any atom is 0.416 e. The molecule has 0 spiro atoms. The summed E-state index contributed by atoms with van der Waals surface area (Å²) in [6.07, 6.45) is -0.0387. The molecule has 3 aromatic rings. The van der Waals surface area contributed by atoms with E-state index in [2.05, 4.69) is 32.9 Å². The van der Waals surface area contributed by atoms with Crippen LogP contribution >= 0.6 is 22.6 Å². The van der Waals surface area contributed by atoms with Crippen LogP contribution in [0.4, 0.5) is 18.9 Å². The predicted octanol–water partition coefficient (Wildman–Crippen LogP) is 5.12. The van der Waals surface area contributed by atoms with Crippen molar-refractivity contribution in [2.45, 2.75) is 19.6 Å². The number of rotatable bonds is 4. The lowest BCUT2D eigenvalue weighted by molar-refractivity contribution is -0.138. The number of hydrogen-bond acceptors (Lipinski definition) is 2. The van der Waals surface area contributed by atoms with Crippen LogP contribution in [0.5, 0.6) is 0 Å². The first kappa shape index (κ1) is 19.4. The number of carbonyl (C=O) groups is 1. The van der Waals surface area contributed by atoms with Gasteiger partial charge in [0.1, 0.15) is 0 Å². The largest absolute Gasteiger partial charge is 0.416 e. The molecule has 0 aliphatic heterocycles. The molecule has 0 unspecified atom stereocenters. The normalized spacial score (nSPS) is 11.4. The Morgan fingerprint density at radius 3 is 2.63 bits per heavy atom. The third kappa shape index (κ3) is 4.68. The van der Waals surface area contributed by atoms with Crippen LogP contribution < -0.4 is 5.32 Å². The highest BCUT2D eigenvalue weighted by atomic mass is 127. The van der Waals surface area contributed by atoms with E-state index >= 15 is 0 Å². The van der Waals surface area contributed by atoms with Gasteiger partial charge in [-0.1, -0.05) is 12.1 Å². The molecule has 27 heavy (non-hydrogen) atoms. The molecule has 0 radical (unpaired) electrons. The number of anilines is 1. The van der Waals surface area contributed by atoms with E-state index in [4.69, 9.17) is 0 Å². The zero-order valence-corrected chi connectivity index (χ0v) is 16.4. The molecule has 0 bridgehead atoms. The fourth-order valence-electron chi connectivity index (χ4n) is 2.57. The van der Waals surface area contributed by atoms with Crippen molar-refractivity contribution < 1.29 is 18.0 Å². The number of hydrogen-bond donors (Lipinski definition) is 1. The summed E-state index contributed by atoms with van der Waals surface area (Å²) in [5.74, 6) is -0.589. The number of aromatic nitrogens is 2. The molecule has 0 atom stereocenters. The summed E-state index contributed by atoms with van der Waals surface area (Å²) in [6, 6.07) is 8.94. The fourth-order valence-corrected chi connectivity index (χ4v) is 3.09. The molecule has 0 saturated heterocycles. The van der Waals surface area contributed by atoms with Crippen LogP contribution in [0.15, 0.2) is 55.1 Å². The highest BCUT2D eigenvalue weighted by Crippen LogP contribution is 2.33. The fraction of sp³-hybridized carbons (Fsp3) is 0.158. The van der Waals surface area contributed by atoms with E-state index in [1.807, 2.05) is 13.0 Å². The lowest BCUT2D eigenvalue weighted by Gasteiger charge is -2.15. The van der Waals surface area contributed by atoms with Crippen molar-refractivity contribution in [3.8, 4) is 0 Å². The minimum Gasteiger partial charge on any atom is -0.333 e. The van der Waals surface area contributed by atoms with Gasteiger partial charge in [-0.05, 0) is 64.9 Å². The standard InChI is InChI=1S/C19H15F3IN3O/c1-12-2-5-15(9-17(12)23)25-18(27)13-3-4-14(10-26-7-6-24-11-26)16(8-13)19(20,21)22/h2-9,11H,10H2,1H3,(H,25,27). The van der Waals surface area contributed by atoms with Crippen molar-refractivity contribution in [2.75, 3.05) is 5.32 Å². The second-order valence-electron chi connectivity index (χ2n) is 6.02. The quantitative estimate of drug-likeness (QED) is 0.522. The first-order valence-electron chi connectivity index (χ1n) is 7.97. The number of halogens is 4. The highest BCUT2D eigenvalue weighted by Gasteiger charge is 2.34. The van der Waals surface area contributed by atoms with Gasteiger partial charge in [0.05, 0.1) is 11.9 Å². The van der Waals surface area contributed by atoms with Gasteiger partial charge in [0.2, 0.25) is 0 Å². The molecule has 1 heterocycles. The van der Waals surface area contributed by atoms with Gasteiger partial charge in [-0.15, -0.1) is 0 Å². The van der Waals surface area contributed by atoms with E-state index in [0.29, 0.717) is 5.69 Å². The number of alkyl halides is 3. The van der Waals surface area contributed by atoms with Gasteiger partial charge in [-0.3, -0.25) is 4.79 Å². The van der Waals surface area contributed by atoms with Crippen LogP contribution in [0, 0.1) is 10.5 Å². The summed E-state index contributed by atoms with van der Waals surface area (Å²) in [4.78, 5) is 16.3. The summed E-state index contributed by atoms with van der Waals surface area (Å²) in [5, 5.41) is 2.64. The molecule has 0 aliphatic carbocycles. The van der Waals surface area contributed by atoms with Crippen LogP contribution in [0.25, 0.3) is 0 Å². The van der Waals surface area contributed by atoms with Crippen LogP contribution in [0.2, 0.25) is 0 Å². The Bertz CT molecular complexity index is 969. The predicted molar refractivity (Wildman–Crippen MR) is 105 cm³/mol. The lowest BCUT2D eigenvalue weighted by Crippen LogP contribution is -2.16. The third-order valence-electron chi connectivity index (χ3n) is 4.02. The molecule has 0 aliphatic rings. The maximum atomic E-state index is 13.5. The number of nitrogens with one attached hydrogen (secondary N) is 1. The molecule has 0 fully saturated rings. The van der Waals surface area contributed by atoms with Crippen molar-refractivity contribution >= 4 is 34.2 Å². The molecular formula is C19H15F3IN3O. The van der Waals surface area contributed by atoms with E-state index in [1.54, 1.807) is 22.9 Å². The smallest absolute Gasteiger partial charge is 0.333 e. The van der Waals surface area contributed by atoms with E-state index in [0.717, 1.165) is 15.2 Å². The van der Waals surface area contributed by atoms with Crippen molar-refractivity contribution in [3.05, 3.63) is 80.9 Å². The van der Waals surface area contributed by atoms with Gasteiger partial charge in [0, 0.05) is 33.8 Å². The number of carbonyl (C=O) groups excluding carboxylic acids is 1. The SMILES string of the molecule is Cc1ccc(NC(=O)c2ccc(Cn3ccnc3)c(C(F)(F)F)c2)cc1I. The van der Waals surface area contributed by atoms with Gasteiger partial charge < -0.3 is 9.88 Å². The second-order valence-corrected chi connectivity index (χ2v) is 7.18. The number of imidazole rings is 1. The van der Waals surface area contributed by atoms with E-state index in [1.165, 1.54) is 24.7 Å². The molecule has 1 amide bonds. The molecular weight excluding hydrogens is 470 g/mol. The number of aryl methyl sites for hydroxylation is 1. The van der Waals surface area contributed by atoms with Gasteiger partial charge in [0.25, 0.3) is 5.91 Å². The maximum absolute atomic E-state index is 13.5. The first-order valence-corrected chi connectivity index (χ1v) is 9.05. The minimum absolute atomic E-state index is 0.0207. The topological polar surface area (TPSA) is 46.9 Å². The monoisotopic (exact) mass is 485 g/mol. The van der Waals surface area contributed by atoms with Gasteiger partial charge in [0.15, 0.2) is 0 Å². The lowest BCUT2D eigenvalue weighted by atomic mass is 10.0. The van der Waals surface area contributed by atoms with Crippen LogP contribution in [0.1, 0.15) is 27.0 Å². The summed E-state index contributed by atoms with van der Waals surface area (Å²) < 4.78 is 43.0. The molecule has 4 nitrogen and oxygen atoms in total. The van der Waals surface area contributed by atoms with Crippen molar-refractivity contribution in [1.82, 2.24) is 9.55 Å². The number of benzene rings is 2. The highest BCUT2D eigenvalue weighted by molar-refractivity contribution is 14.1. The molecule has 1 N–H and O–H groups in total. The summed E-state index contributed by atoms with van der Waals surface area (Å²) in [6.45, 7) is 1.95. The molecule has 8 heteroatoms. The Morgan fingerprint density at radius 1 is 1.22 bits per heavy atom. The average molecular weight is 485 g/mol. The van der Waals surface area contributed by atoms with Crippen molar-refractivity contribution in [1.29, 1.82) is 0 Å². The van der Waals surface area contributed by atoms with Crippen LogP contribution in [-0.4, -0.2) is 15.5 Å². The Balaban J connectivity index is 1.89. The summed E-state index contributed by atoms with van der Waals surface area (Å²) >= 11 is 2.13.